The van der Waals surface area contributed by atoms with E-state index in [2.05, 4.69) is 10.3 Å². The summed E-state index contributed by atoms with van der Waals surface area (Å²) >= 11 is 1.22. The number of rotatable bonds is 8. The molecule has 2 rings (SSSR count). The van der Waals surface area contributed by atoms with Crippen LogP contribution < -0.4 is 5.32 Å². The summed E-state index contributed by atoms with van der Waals surface area (Å²) in [4.78, 5) is 29.3. The van der Waals surface area contributed by atoms with E-state index in [1.807, 2.05) is 48.5 Å². The molecule has 0 saturated carbocycles. The Morgan fingerprint density at radius 2 is 2.00 bits per heavy atom. The second-order valence-corrected chi connectivity index (χ2v) is 6.87. The number of carbonyl (C=O) groups excluding carboxylic acids is 2. The molecule has 1 heterocycles. The summed E-state index contributed by atoms with van der Waals surface area (Å²) in [5.41, 5.74) is 2.09. The van der Waals surface area contributed by atoms with Crippen LogP contribution in [0.5, 0.6) is 0 Å². The molecule has 5 nitrogen and oxygen atoms in total. The highest BCUT2D eigenvalue weighted by Gasteiger charge is 2.10. The monoisotopic (exact) mass is 369 g/mol. The third-order valence-electron chi connectivity index (χ3n) is 3.56. The van der Waals surface area contributed by atoms with Gasteiger partial charge in [-0.15, -0.1) is 0 Å². The number of hydrogen-bond donors (Lipinski definition) is 1. The van der Waals surface area contributed by atoms with Crippen molar-refractivity contribution in [2.24, 2.45) is 0 Å². The number of urea groups is 1. The fraction of sp³-hybridized carbons (Fsp3) is 0.250. The van der Waals surface area contributed by atoms with Crippen LogP contribution in [0.4, 0.5) is 4.79 Å². The van der Waals surface area contributed by atoms with E-state index in [9.17, 15) is 9.59 Å². The predicted octanol–water partition coefficient (Wildman–Crippen LogP) is 3.59. The van der Waals surface area contributed by atoms with Crippen molar-refractivity contribution in [3.05, 3.63) is 72.2 Å². The average Bonchev–Trinajstić information content (AvgIpc) is 2.66. The van der Waals surface area contributed by atoms with Gasteiger partial charge in [-0.05, 0) is 29.7 Å². The summed E-state index contributed by atoms with van der Waals surface area (Å²) in [6.07, 6.45) is 7.89. The Morgan fingerprint density at radius 1 is 1.19 bits per heavy atom. The van der Waals surface area contributed by atoms with Gasteiger partial charge >= 0.3 is 6.03 Å². The van der Waals surface area contributed by atoms with Gasteiger partial charge in [-0.1, -0.05) is 48.2 Å². The molecule has 1 N–H and O–H groups in total. The number of pyridine rings is 1. The minimum Gasteiger partial charge on any atom is -0.337 e. The standard InChI is InChI=1S/C20H23N3O2S/c1-17(24)26-15-14-23(13-10-18-6-3-2-4-7-18)20(25)22-12-9-19-8-5-11-21-16-19/h2-8,10-11,13,16H,9,12,14-15H2,1H3,(H,22,25). The first kappa shape index (κ1) is 19.7. The Morgan fingerprint density at radius 3 is 2.69 bits per heavy atom. The lowest BCUT2D eigenvalue weighted by Crippen LogP contribution is -2.38. The van der Waals surface area contributed by atoms with Gasteiger partial charge < -0.3 is 10.2 Å². The lowest BCUT2D eigenvalue weighted by Gasteiger charge is -2.19. The molecule has 1 aromatic carbocycles. The second kappa shape index (κ2) is 11.1. The summed E-state index contributed by atoms with van der Waals surface area (Å²) in [6, 6.07) is 13.5. The zero-order chi connectivity index (χ0) is 18.6. The van der Waals surface area contributed by atoms with E-state index in [1.165, 1.54) is 18.7 Å². The van der Waals surface area contributed by atoms with Crippen LogP contribution in [0.15, 0.2) is 61.1 Å². The lowest BCUT2D eigenvalue weighted by atomic mass is 10.2. The van der Waals surface area contributed by atoms with Crippen molar-refractivity contribution in [1.82, 2.24) is 15.2 Å². The summed E-state index contributed by atoms with van der Waals surface area (Å²) in [6.45, 7) is 2.52. The van der Waals surface area contributed by atoms with Gasteiger partial charge in [-0.3, -0.25) is 9.78 Å². The predicted molar refractivity (Wildman–Crippen MR) is 107 cm³/mol. The Hall–Kier alpha value is -2.60. The topological polar surface area (TPSA) is 62.3 Å². The van der Waals surface area contributed by atoms with Crippen LogP contribution >= 0.6 is 11.8 Å². The maximum absolute atomic E-state index is 12.5. The summed E-state index contributed by atoms with van der Waals surface area (Å²) in [7, 11) is 0. The lowest BCUT2D eigenvalue weighted by molar-refractivity contribution is -0.109. The molecule has 0 spiro atoms. The van der Waals surface area contributed by atoms with Crippen molar-refractivity contribution in [3.63, 3.8) is 0 Å². The highest BCUT2D eigenvalue weighted by Crippen LogP contribution is 2.06. The molecule has 0 aliphatic heterocycles. The normalized spacial score (nSPS) is 10.7. The number of hydrogen-bond acceptors (Lipinski definition) is 4. The summed E-state index contributed by atoms with van der Waals surface area (Å²) in [5, 5.41) is 2.97. The minimum absolute atomic E-state index is 0.0500. The Kier molecular flexibility index (Phi) is 8.42. The first-order valence-corrected chi connectivity index (χ1v) is 9.43. The Balaban J connectivity index is 1.91. The van der Waals surface area contributed by atoms with Crippen molar-refractivity contribution in [1.29, 1.82) is 0 Å². The molecule has 0 radical (unpaired) electrons. The number of aromatic nitrogens is 1. The van der Waals surface area contributed by atoms with Crippen molar-refractivity contribution in [2.45, 2.75) is 13.3 Å². The average molecular weight is 369 g/mol. The molecule has 2 amide bonds. The Bertz CT molecular complexity index is 720. The molecule has 26 heavy (non-hydrogen) atoms. The first-order chi connectivity index (χ1) is 12.6. The molecule has 1 aromatic heterocycles. The van der Waals surface area contributed by atoms with E-state index in [4.69, 9.17) is 0 Å². The fourth-order valence-electron chi connectivity index (χ4n) is 2.23. The zero-order valence-corrected chi connectivity index (χ0v) is 15.6. The molecule has 2 aromatic rings. The zero-order valence-electron chi connectivity index (χ0n) is 14.8. The van der Waals surface area contributed by atoms with E-state index in [0.717, 1.165) is 17.5 Å². The molecular weight excluding hydrogens is 346 g/mol. The van der Waals surface area contributed by atoms with E-state index >= 15 is 0 Å². The molecule has 0 aliphatic carbocycles. The van der Waals surface area contributed by atoms with E-state index < -0.39 is 0 Å². The summed E-state index contributed by atoms with van der Waals surface area (Å²) < 4.78 is 0. The number of benzene rings is 1. The minimum atomic E-state index is -0.176. The SMILES string of the molecule is CC(=O)SCCN(C=Cc1ccccc1)C(=O)NCCc1cccnc1. The third kappa shape index (κ3) is 7.53. The smallest absolute Gasteiger partial charge is 0.321 e. The van der Waals surface area contributed by atoms with Crippen LogP contribution in [0, 0.1) is 0 Å². The highest BCUT2D eigenvalue weighted by atomic mass is 32.2. The molecule has 0 bridgehead atoms. The van der Waals surface area contributed by atoms with Crippen molar-refractivity contribution in [3.8, 4) is 0 Å². The molecular formula is C20H23N3O2S. The van der Waals surface area contributed by atoms with Crippen LogP contribution in [0.3, 0.4) is 0 Å². The number of carbonyl (C=O) groups is 2. The Labute approximate surface area is 158 Å². The molecule has 0 saturated heterocycles. The van der Waals surface area contributed by atoms with Gasteiger partial charge in [-0.25, -0.2) is 4.79 Å². The van der Waals surface area contributed by atoms with Gasteiger partial charge in [0, 0.05) is 44.4 Å². The van der Waals surface area contributed by atoms with Gasteiger partial charge in [0.15, 0.2) is 5.12 Å². The van der Waals surface area contributed by atoms with Crippen LogP contribution in [0.2, 0.25) is 0 Å². The van der Waals surface area contributed by atoms with Gasteiger partial charge in [0.05, 0.1) is 0 Å². The fourth-order valence-corrected chi connectivity index (χ4v) is 2.81. The highest BCUT2D eigenvalue weighted by molar-refractivity contribution is 8.13. The third-order valence-corrected chi connectivity index (χ3v) is 4.35. The van der Waals surface area contributed by atoms with Gasteiger partial charge in [0.2, 0.25) is 0 Å². The molecule has 136 valence electrons. The van der Waals surface area contributed by atoms with Gasteiger partial charge in [0.25, 0.3) is 0 Å². The maximum atomic E-state index is 12.5. The molecule has 6 heteroatoms. The number of nitrogens with zero attached hydrogens (tertiary/aromatic N) is 2. The van der Waals surface area contributed by atoms with Gasteiger partial charge in [-0.2, -0.15) is 0 Å². The number of amides is 2. The largest absolute Gasteiger partial charge is 0.337 e. The number of thioether (sulfide) groups is 1. The maximum Gasteiger partial charge on any atom is 0.321 e. The van der Waals surface area contributed by atoms with Crippen molar-refractivity contribution < 1.29 is 9.59 Å². The van der Waals surface area contributed by atoms with E-state index in [-0.39, 0.29) is 11.1 Å². The van der Waals surface area contributed by atoms with E-state index in [0.29, 0.717) is 18.8 Å². The van der Waals surface area contributed by atoms with Crippen LogP contribution in [-0.2, 0) is 11.2 Å². The summed E-state index contributed by atoms with van der Waals surface area (Å²) in [5.74, 6) is 0.560. The second-order valence-electron chi connectivity index (χ2n) is 5.60. The number of nitrogens with one attached hydrogen (secondary N) is 1. The van der Waals surface area contributed by atoms with Crippen molar-refractivity contribution in [2.75, 3.05) is 18.8 Å². The molecule has 0 unspecified atom stereocenters. The van der Waals surface area contributed by atoms with Crippen LogP contribution in [0.1, 0.15) is 18.1 Å². The molecule has 0 atom stereocenters. The van der Waals surface area contributed by atoms with Crippen LogP contribution in [-0.4, -0.2) is 39.9 Å². The van der Waals surface area contributed by atoms with E-state index in [1.54, 1.807) is 23.5 Å². The molecule has 0 fully saturated rings. The van der Waals surface area contributed by atoms with Crippen molar-refractivity contribution >= 4 is 29.0 Å². The van der Waals surface area contributed by atoms with Gasteiger partial charge in [0.1, 0.15) is 0 Å². The van der Waals surface area contributed by atoms with Crippen LogP contribution in [0.25, 0.3) is 6.08 Å². The first-order valence-electron chi connectivity index (χ1n) is 8.45. The molecule has 0 aliphatic rings. The quantitative estimate of drug-likeness (QED) is 0.772.